The molecule has 2 heteroatoms. The number of nitriles is 1. The van der Waals surface area contributed by atoms with Gasteiger partial charge in [-0.05, 0) is 11.7 Å². The molecular formula is C5H9NS. The average Bonchev–Trinajstić information content (AvgIpc) is 1.68. The van der Waals surface area contributed by atoms with Crippen molar-refractivity contribution in [3.63, 3.8) is 0 Å². The predicted molar refractivity (Wildman–Crippen MR) is 33.2 cm³/mol. The van der Waals surface area contributed by atoms with Gasteiger partial charge >= 0.3 is 0 Å². The molecule has 1 nitrogen and oxygen atoms in total. The van der Waals surface area contributed by atoms with Gasteiger partial charge in [0, 0.05) is 6.42 Å². The van der Waals surface area contributed by atoms with Crippen LogP contribution in [0.5, 0.6) is 0 Å². The van der Waals surface area contributed by atoms with Crippen molar-refractivity contribution < 1.29 is 0 Å². The highest BCUT2D eigenvalue weighted by Crippen LogP contribution is 2.00. The molecule has 0 aliphatic heterocycles. The standard InChI is InChI=1S/C5H9NS/c1-5(4-7)2-3-6/h5,7H,2,4H2,1H3. The van der Waals surface area contributed by atoms with E-state index in [0.29, 0.717) is 12.3 Å². The van der Waals surface area contributed by atoms with Crippen LogP contribution < -0.4 is 0 Å². The van der Waals surface area contributed by atoms with E-state index in [2.05, 4.69) is 18.7 Å². The first-order chi connectivity index (χ1) is 3.31. The summed E-state index contributed by atoms with van der Waals surface area (Å²) >= 11 is 4.00. The van der Waals surface area contributed by atoms with Crippen LogP contribution in [-0.4, -0.2) is 5.75 Å². The van der Waals surface area contributed by atoms with Crippen molar-refractivity contribution in [3.8, 4) is 6.07 Å². The summed E-state index contributed by atoms with van der Waals surface area (Å²) in [6.45, 7) is 2.01. The molecule has 0 amide bonds. The molecule has 0 saturated heterocycles. The zero-order chi connectivity index (χ0) is 5.70. The molecule has 0 aromatic heterocycles. The number of hydrogen-bond donors (Lipinski definition) is 1. The maximum atomic E-state index is 8.08. The van der Waals surface area contributed by atoms with Crippen LogP contribution in [0.3, 0.4) is 0 Å². The molecule has 0 aromatic rings. The maximum Gasteiger partial charge on any atom is 0.0624 e. The van der Waals surface area contributed by atoms with Crippen LogP contribution in [0, 0.1) is 17.2 Å². The first kappa shape index (κ1) is 6.84. The minimum absolute atomic E-state index is 0.452. The molecule has 0 saturated carbocycles. The van der Waals surface area contributed by atoms with Crippen LogP contribution in [0.15, 0.2) is 0 Å². The minimum Gasteiger partial charge on any atom is -0.198 e. The summed E-state index contributed by atoms with van der Waals surface area (Å²) in [4.78, 5) is 0. The van der Waals surface area contributed by atoms with E-state index in [1.807, 2.05) is 6.92 Å². The van der Waals surface area contributed by atoms with Gasteiger partial charge in [0.15, 0.2) is 0 Å². The Morgan fingerprint density at radius 1 is 1.86 bits per heavy atom. The Balaban J connectivity index is 3.03. The molecular weight excluding hydrogens is 106 g/mol. The van der Waals surface area contributed by atoms with E-state index >= 15 is 0 Å². The summed E-state index contributed by atoms with van der Waals surface area (Å²) in [5, 5.41) is 8.08. The van der Waals surface area contributed by atoms with E-state index in [4.69, 9.17) is 5.26 Å². The third-order valence-corrected chi connectivity index (χ3v) is 1.37. The van der Waals surface area contributed by atoms with E-state index in [-0.39, 0.29) is 0 Å². The second-order valence-corrected chi connectivity index (χ2v) is 2.02. The van der Waals surface area contributed by atoms with Gasteiger partial charge in [0.2, 0.25) is 0 Å². The second-order valence-electron chi connectivity index (χ2n) is 1.65. The lowest BCUT2D eigenvalue weighted by atomic mass is 10.2. The lowest BCUT2D eigenvalue weighted by Crippen LogP contribution is -1.91. The highest BCUT2D eigenvalue weighted by molar-refractivity contribution is 7.80. The van der Waals surface area contributed by atoms with Crippen molar-refractivity contribution >= 4 is 12.6 Å². The fraction of sp³-hybridized carbons (Fsp3) is 0.800. The molecule has 0 radical (unpaired) electrons. The molecule has 0 rings (SSSR count). The van der Waals surface area contributed by atoms with Gasteiger partial charge in [0.25, 0.3) is 0 Å². The summed E-state index contributed by atoms with van der Waals surface area (Å²) < 4.78 is 0. The normalized spacial score (nSPS) is 12.7. The monoisotopic (exact) mass is 115 g/mol. The molecule has 0 aliphatic rings. The van der Waals surface area contributed by atoms with Gasteiger partial charge in [-0.1, -0.05) is 6.92 Å². The lowest BCUT2D eigenvalue weighted by Gasteiger charge is -1.96. The van der Waals surface area contributed by atoms with Crippen molar-refractivity contribution in [3.05, 3.63) is 0 Å². The third-order valence-electron chi connectivity index (χ3n) is 0.751. The van der Waals surface area contributed by atoms with Crippen LogP contribution in [-0.2, 0) is 0 Å². The van der Waals surface area contributed by atoms with Crippen molar-refractivity contribution in [1.82, 2.24) is 0 Å². The third kappa shape index (κ3) is 3.68. The Morgan fingerprint density at radius 2 is 2.43 bits per heavy atom. The first-order valence-corrected chi connectivity index (χ1v) is 2.92. The summed E-state index contributed by atoms with van der Waals surface area (Å²) in [6, 6.07) is 2.07. The second kappa shape index (κ2) is 4.01. The molecule has 0 aliphatic carbocycles. The molecule has 0 aromatic carbocycles. The van der Waals surface area contributed by atoms with Crippen molar-refractivity contribution in [2.75, 3.05) is 5.75 Å². The first-order valence-electron chi connectivity index (χ1n) is 2.29. The zero-order valence-corrected chi connectivity index (χ0v) is 5.28. The fourth-order valence-corrected chi connectivity index (χ4v) is 0.349. The van der Waals surface area contributed by atoms with Gasteiger partial charge < -0.3 is 0 Å². The Bertz CT molecular complexity index is 74.6. The van der Waals surface area contributed by atoms with Gasteiger partial charge in [0.05, 0.1) is 6.07 Å². The molecule has 7 heavy (non-hydrogen) atoms. The fourth-order valence-electron chi connectivity index (χ4n) is 0.220. The summed E-state index contributed by atoms with van der Waals surface area (Å²) in [5.74, 6) is 1.27. The predicted octanol–water partition coefficient (Wildman–Crippen LogP) is 1.47. The van der Waals surface area contributed by atoms with Gasteiger partial charge in [-0.2, -0.15) is 17.9 Å². The van der Waals surface area contributed by atoms with Crippen molar-refractivity contribution in [2.45, 2.75) is 13.3 Å². The Morgan fingerprint density at radius 3 is 2.57 bits per heavy atom. The summed E-state index contributed by atoms with van der Waals surface area (Å²) in [5.41, 5.74) is 0. The molecule has 0 spiro atoms. The number of thiol groups is 1. The molecule has 1 atom stereocenters. The Hall–Kier alpha value is -0.160. The van der Waals surface area contributed by atoms with Gasteiger partial charge in [-0.3, -0.25) is 0 Å². The summed E-state index contributed by atoms with van der Waals surface area (Å²) in [7, 11) is 0. The van der Waals surface area contributed by atoms with Crippen LogP contribution in [0.1, 0.15) is 13.3 Å². The van der Waals surface area contributed by atoms with E-state index in [1.54, 1.807) is 0 Å². The van der Waals surface area contributed by atoms with Gasteiger partial charge in [-0.15, -0.1) is 0 Å². The summed E-state index contributed by atoms with van der Waals surface area (Å²) in [6.07, 6.45) is 0.628. The number of rotatable bonds is 2. The quantitative estimate of drug-likeness (QED) is 0.541. The lowest BCUT2D eigenvalue weighted by molar-refractivity contribution is 0.685. The van der Waals surface area contributed by atoms with E-state index < -0.39 is 0 Å². The average molecular weight is 115 g/mol. The van der Waals surface area contributed by atoms with E-state index in [1.165, 1.54) is 0 Å². The molecule has 0 N–H and O–H groups in total. The Kier molecular flexibility index (Phi) is 3.92. The molecule has 40 valence electrons. The smallest absolute Gasteiger partial charge is 0.0624 e. The number of nitrogens with zero attached hydrogens (tertiary/aromatic N) is 1. The highest BCUT2D eigenvalue weighted by atomic mass is 32.1. The van der Waals surface area contributed by atoms with Crippen molar-refractivity contribution in [2.24, 2.45) is 5.92 Å². The Labute approximate surface area is 49.7 Å². The van der Waals surface area contributed by atoms with Crippen LogP contribution in [0.25, 0.3) is 0 Å². The van der Waals surface area contributed by atoms with Crippen LogP contribution in [0.2, 0.25) is 0 Å². The molecule has 0 bridgehead atoms. The SMILES string of the molecule is CC(CS)CC#N. The highest BCUT2D eigenvalue weighted by Gasteiger charge is 1.93. The van der Waals surface area contributed by atoms with Crippen LogP contribution in [0.4, 0.5) is 0 Å². The largest absolute Gasteiger partial charge is 0.198 e. The van der Waals surface area contributed by atoms with Crippen LogP contribution >= 0.6 is 12.6 Å². The zero-order valence-electron chi connectivity index (χ0n) is 4.39. The van der Waals surface area contributed by atoms with Crippen molar-refractivity contribution in [1.29, 1.82) is 5.26 Å². The van der Waals surface area contributed by atoms with Gasteiger partial charge in [-0.25, -0.2) is 0 Å². The topological polar surface area (TPSA) is 23.8 Å². The molecule has 0 fully saturated rings. The molecule has 0 heterocycles. The molecule has 1 unspecified atom stereocenters. The number of hydrogen-bond acceptors (Lipinski definition) is 2. The minimum atomic E-state index is 0.452. The maximum absolute atomic E-state index is 8.08. The van der Waals surface area contributed by atoms with E-state index in [0.717, 1.165) is 5.75 Å². The van der Waals surface area contributed by atoms with Gasteiger partial charge in [0.1, 0.15) is 0 Å². The van der Waals surface area contributed by atoms with E-state index in [9.17, 15) is 0 Å².